The van der Waals surface area contributed by atoms with Crippen molar-refractivity contribution in [2.75, 3.05) is 0 Å². The molecule has 0 atom stereocenters. The van der Waals surface area contributed by atoms with Crippen molar-refractivity contribution in [3.63, 3.8) is 0 Å². The predicted molar refractivity (Wildman–Crippen MR) is 50.5 cm³/mol. The summed E-state index contributed by atoms with van der Waals surface area (Å²) in [6, 6.07) is 4.10. The van der Waals surface area contributed by atoms with Crippen LogP contribution >= 0.6 is 0 Å². The van der Waals surface area contributed by atoms with E-state index in [9.17, 15) is 22.0 Å². The van der Waals surface area contributed by atoms with Gasteiger partial charge in [-0.25, -0.2) is 22.0 Å². The van der Waals surface area contributed by atoms with Crippen molar-refractivity contribution < 1.29 is 22.0 Å². The van der Waals surface area contributed by atoms with Gasteiger partial charge in [0.25, 0.3) is 0 Å². The van der Waals surface area contributed by atoms with Crippen molar-refractivity contribution in [3.05, 3.63) is 59.4 Å². The van der Waals surface area contributed by atoms with Gasteiger partial charge in [0.15, 0.2) is 0 Å². The smallest absolute Gasteiger partial charge is 0.137 e. The molecular formula is C12H4F5. The maximum absolute atomic E-state index is 13.3. The molecule has 0 aliphatic rings. The summed E-state index contributed by atoms with van der Waals surface area (Å²) in [6.45, 7) is 0. The Morgan fingerprint density at radius 1 is 0.706 bits per heavy atom. The van der Waals surface area contributed by atoms with Gasteiger partial charge in [0.2, 0.25) is 0 Å². The lowest BCUT2D eigenvalue weighted by Crippen LogP contribution is -1.95. The largest absolute Gasteiger partial charge is 0.207 e. The molecule has 2 aromatic carbocycles. The topological polar surface area (TPSA) is 0 Å². The quantitative estimate of drug-likeness (QED) is 0.667. The molecule has 0 bridgehead atoms. The first-order valence-corrected chi connectivity index (χ1v) is 4.50. The summed E-state index contributed by atoms with van der Waals surface area (Å²) in [5.41, 5.74) is -1.36. The van der Waals surface area contributed by atoms with E-state index in [1.165, 1.54) is 0 Å². The van der Waals surface area contributed by atoms with Crippen LogP contribution < -0.4 is 0 Å². The molecule has 1 radical (unpaired) electrons. The molecule has 0 aromatic heterocycles. The Kier molecular flexibility index (Phi) is 2.83. The zero-order chi connectivity index (χ0) is 12.6. The lowest BCUT2D eigenvalue weighted by Gasteiger charge is -2.06. The number of hydrogen-bond donors (Lipinski definition) is 0. The summed E-state index contributed by atoms with van der Waals surface area (Å²) < 4.78 is 65.2. The van der Waals surface area contributed by atoms with Gasteiger partial charge in [-0.15, -0.1) is 0 Å². The van der Waals surface area contributed by atoms with Crippen molar-refractivity contribution in [2.45, 2.75) is 0 Å². The van der Waals surface area contributed by atoms with E-state index >= 15 is 0 Å². The van der Waals surface area contributed by atoms with Gasteiger partial charge in [-0.2, -0.15) is 0 Å². The van der Waals surface area contributed by atoms with E-state index < -0.39 is 40.2 Å². The number of hydrogen-bond acceptors (Lipinski definition) is 0. The Bertz CT molecular complexity index is 554. The molecule has 5 heteroatoms. The van der Waals surface area contributed by atoms with Crippen LogP contribution in [0.4, 0.5) is 22.0 Å². The third-order valence-corrected chi connectivity index (χ3v) is 2.11. The minimum Gasteiger partial charge on any atom is -0.207 e. The Labute approximate surface area is 93.3 Å². The Balaban J connectivity index is 2.68. The standard InChI is InChI=1S/C12H4F5/c13-6-1-2-8(9(15)3-6)12-10(16)4-7(14)5-11(12)17/h1,3-5H. The fourth-order valence-electron chi connectivity index (χ4n) is 1.42. The van der Waals surface area contributed by atoms with Gasteiger partial charge in [0.05, 0.1) is 5.56 Å². The minimum absolute atomic E-state index is 0.412. The molecule has 17 heavy (non-hydrogen) atoms. The van der Waals surface area contributed by atoms with Crippen molar-refractivity contribution >= 4 is 0 Å². The average molecular weight is 243 g/mol. The van der Waals surface area contributed by atoms with Crippen molar-refractivity contribution in [1.29, 1.82) is 0 Å². The van der Waals surface area contributed by atoms with E-state index in [2.05, 4.69) is 6.07 Å². The molecule has 0 amide bonds. The van der Waals surface area contributed by atoms with Gasteiger partial charge in [-0.1, -0.05) is 0 Å². The molecule has 0 saturated heterocycles. The van der Waals surface area contributed by atoms with Gasteiger partial charge in [0.1, 0.15) is 29.1 Å². The fourth-order valence-corrected chi connectivity index (χ4v) is 1.42. The van der Waals surface area contributed by atoms with Gasteiger partial charge in [-0.3, -0.25) is 0 Å². The summed E-state index contributed by atoms with van der Waals surface area (Å²) in [5, 5.41) is 0. The molecule has 2 aromatic rings. The highest BCUT2D eigenvalue weighted by Crippen LogP contribution is 2.28. The van der Waals surface area contributed by atoms with E-state index in [1.54, 1.807) is 0 Å². The second kappa shape index (κ2) is 4.16. The van der Waals surface area contributed by atoms with E-state index in [1.807, 2.05) is 0 Å². The third-order valence-electron chi connectivity index (χ3n) is 2.11. The molecule has 0 saturated carbocycles. The van der Waals surface area contributed by atoms with Crippen LogP contribution in [0.25, 0.3) is 11.1 Å². The highest BCUT2D eigenvalue weighted by atomic mass is 19.2. The van der Waals surface area contributed by atoms with E-state index in [4.69, 9.17) is 0 Å². The summed E-state index contributed by atoms with van der Waals surface area (Å²) in [6.07, 6.45) is 0. The molecular weight excluding hydrogens is 239 g/mol. The summed E-state index contributed by atoms with van der Waals surface area (Å²) in [4.78, 5) is 0. The number of halogens is 5. The van der Waals surface area contributed by atoms with Crippen molar-refractivity contribution in [3.8, 4) is 11.1 Å². The average Bonchev–Trinajstić information content (AvgIpc) is 2.19. The number of rotatable bonds is 1. The monoisotopic (exact) mass is 243 g/mol. The normalized spacial score (nSPS) is 10.6. The lowest BCUT2D eigenvalue weighted by molar-refractivity contribution is 0.543. The number of benzene rings is 2. The van der Waals surface area contributed by atoms with Crippen LogP contribution in [0.2, 0.25) is 0 Å². The van der Waals surface area contributed by atoms with Crippen LogP contribution in [0.15, 0.2) is 24.3 Å². The first-order valence-electron chi connectivity index (χ1n) is 4.50. The van der Waals surface area contributed by atoms with E-state index in [0.29, 0.717) is 18.2 Å². The van der Waals surface area contributed by atoms with Crippen LogP contribution in [0.3, 0.4) is 0 Å². The lowest BCUT2D eigenvalue weighted by atomic mass is 10.0. The third kappa shape index (κ3) is 2.13. The van der Waals surface area contributed by atoms with E-state index in [-0.39, 0.29) is 0 Å². The predicted octanol–water partition coefficient (Wildman–Crippen LogP) is 3.85. The molecule has 87 valence electrons. The zero-order valence-corrected chi connectivity index (χ0v) is 8.20. The maximum Gasteiger partial charge on any atom is 0.137 e. The molecule has 0 fully saturated rings. The van der Waals surface area contributed by atoms with Crippen LogP contribution in [0, 0.1) is 35.2 Å². The molecule has 0 unspecified atom stereocenters. The summed E-state index contributed by atoms with van der Waals surface area (Å²) in [7, 11) is 0. The van der Waals surface area contributed by atoms with Crippen LogP contribution in [0.1, 0.15) is 0 Å². The van der Waals surface area contributed by atoms with Gasteiger partial charge >= 0.3 is 0 Å². The van der Waals surface area contributed by atoms with Gasteiger partial charge in [-0.05, 0) is 12.1 Å². The van der Waals surface area contributed by atoms with Crippen LogP contribution in [-0.2, 0) is 0 Å². The second-order valence-electron chi connectivity index (χ2n) is 3.29. The highest BCUT2D eigenvalue weighted by molar-refractivity contribution is 5.64. The summed E-state index contributed by atoms with van der Waals surface area (Å²) in [5.74, 6) is -5.76. The highest BCUT2D eigenvalue weighted by Gasteiger charge is 2.17. The van der Waals surface area contributed by atoms with Gasteiger partial charge in [0, 0.05) is 23.8 Å². The van der Waals surface area contributed by atoms with Crippen molar-refractivity contribution in [2.24, 2.45) is 0 Å². The molecule has 0 spiro atoms. The Morgan fingerprint density at radius 3 is 1.76 bits per heavy atom. The molecule has 2 rings (SSSR count). The molecule has 0 aliphatic carbocycles. The Morgan fingerprint density at radius 2 is 1.24 bits per heavy atom. The summed E-state index contributed by atoms with van der Waals surface area (Å²) >= 11 is 0. The first kappa shape index (κ1) is 11.6. The van der Waals surface area contributed by atoms with E-state index in [0.717, 1.165) is 6.07 Å². The minimum atomic E-state index is -1.27. The molecule has 0 N–H and O–H groups in total. The Hall–Kier alpha value is -1.91. The van der Waals surface area contributed by atoms with Gasteiger partial charge < -0.3 is 0 Å². The maximum atomic E-state index is 13.3. The first-order chi connectivity index (χ1) is 7.99. The van der Waals surface area contributed by atoms with Crippen molar-refractivity contribution in [1.82, 2.24) is 0 Å². The SMILES string of the molecule is Fc1c[c]c(-c2c(F)cc(F)cc2F)c(F)c1. The van der Waals surface area contributed by atoms with Crippen LogP contribution in [-0.4, -0.2) is 0 Å². The molecule has 0 nitrogen and oxygen atoms in total. The zero-order valence-electron chi connectivity index (χ0n) is 8.20. The fraction of sp³-hybridized carbons (Fsp3) is 0. The molecule has 0 aliphatic heterocycles. The van der Waals surface area contributed by atoms with Crippen LogP contribution in [0.5, 0.6) is 0 Å². The molecule has 0 heterocycles. The second-order valence-corrected chi connectivity index (χ2v) is 3.29.